The summed E-state index contributed by atoms with van der Waals surface area (Å²) >= 11 is 0. The molecule has 0 saturated carbocycles. The van der Waals surface area contributed by atoms with Crippen molar-refractivity contribution in [1.29, 1.82) is 0 Å². The van der Waals surface area contributed by atoms with E-state index in [0.29, 0.717) is 42.9 Å². The number of nitrogens with one attached hydrogen (secondary N) is 2. The lowest BCUT2D eigenvalue weighted by atomic mass is 10.1. The van der Waals surface area contributed by atoms with Gasteiger partial charge < -0.3 is 10.6 Å². The highest BCUT2D eigenvalue weighted by Crippen LogP contribution is 2.20. The predicted molar refractivity (Wildman–Crippen MR) is 121 cm³/mol. The van der Waals surface area contributed by atoms with Gasteiger partial charge in [-0.05, 0) is 49.2 Å². The Bertz CT molecular complexity index is 1070. The fourth-order valence-electron chi connectivity index (χ4n) is 3.63. The van der Waals surface area contributed by atoms with Crippen molar-refractivity contribution in [2.75, 3.05) is 43.6 Å². The van der Waals surface area contributed by atoms with Crippen LogP contribution in [0, 0.1) is 5.82 Å². The molecule has 0 bridgehead atoms. The van der Waals surface area contributed by atoms with Crippen LogP contribution in [0.5, 0.6) is 0 Å². The largest absolute Gasteiger partial charge is 0.324 e. The van der Waals surface area contributed by atoms with Crippen LogP contribution in [0.25, 0.3) is 0 Å². The monoisotopic (exact) mass is 462 g/mol. The van der Waals surface area contributed by atoms with Gasteiger partial charge in [-0.25, -0.2) is 17.1 Å². The van der Waals surface area contributed by atoms with E-state index in [9.17, 15) is 22.4 Å². The van der Waals surface area contributed by atoms with E-state index < -0.39 is 21.7 Å². The summed E-state index contributed by atoms with van der Waals surface area (Å²) in [6, 6.07) is 12.0. The first-order chi connectivity index (χ1) is 15.1. The molecule has 8 nitrogen and oxygen atoms in total. The van der Waals surface area contributed by atoms with E-state index in [1.54, 1.807) is 31.3 Å². The molecule has 2 aromatic rings. The summed E-state index contributed by atoms with van der Waals surface area (Å²) in [5, 5.41) is 5.47. The van der Waals surface area contributed by atoms with Crippen LogP contribution in [-0.2, 0) is 14.8 Å². The maximum absolute atomic E-state index is 13.1. The lowest BCUT2D eigenvalue weighted by molar-refractivity contribution is -0.117. The molecule has 3 rings (SSSR count). The van der Waals surface area contributed by atoms with Gasteiger partial charge in [0.1, 0.15) is 5.82 Å². The molecule has 0 spiro atoms. The normalized spacial score (nSPS) is 15.5. The number of hydrogen-bond donors (Lipinski definition) is 2. The molecule has 0 atom stereocenters. The summed E-state index contributed by atoms with van der Waals surface area (Å²) in [6.07, 6.45) is 2.48. The second kappa shape index (κ2) is 10.2. The van der Waals surface area contributed by atoms with Crippen LogP contribution >= 0.6 is 0 Å². The molecule has 32 heavy (non-hydrogen) atoms. The van der Waals surface area contributed by atoms with Crippen LogP contribution in [0.4, 0.5) is 15.8 Å². The first-order valence-corrected chi connectivity index (χ1v) is 12.1. The van der Waals surface area contributed by atoms with Gasteiger partial charge in [-0.2, -0.15) is 0 Å². The number of benzene rings is 2. The van der Waals surface area contributed by atoms with Gasteiger partial charge in [0.05, 0.1) is 24.1 Å². The van der Waals surface area contributed by atoms with E-state index >= 15 is 0 Å². The fraction of sp³-hybridized carbons (Fsp3) is 0.364. The van der Waals surface area contributed by atoms with Crippen molar-refractivity contribution >= 4 is 33.2 Å². The molecule has 172 valence electrons. The Morgan fingerprint density at radius 3 is 2.31 bits per heavy atom. The summed E-state index contributed by atoms with van der Waals surface area (Å²) in [5.41, 5.74) is 1.11. The van der Waals surface area contributed by atoms with Crippen molar-refractivity contribution < 1.29 is 22.4 Å². The number of likely N-dealkylation sites (tertiary alicyclic amines) is 1. The van der Waals surface area contributed by atoms with Crippen LogP contribution in [-0.4, -0.2) is 68.4 Å². The Hall–Kier alpha value is -2.82. The Kier molecular flexibility index (Phi) is 7.60. The number of halogens is 1. The number of rotatable bonds is 7. The number of hydrogen-bond acceptors (Lipinski definition) is 5. The maximum Gasteiger partial charge on any atom is 0.257 e. The highest BCUT2D eigenvalue weighted by molar-refractivity contribution is 7.88. The zero-order valence-electron chi connectivity index (χ0n) is 18.0. The molecule has 10 heteroatoms. The molecule has 0 radical (unpaired) electrons. The van der Waals surface area contributed by atoms with Gasteiger partial charge in [-0.3, -0.25) is 14.5 Å². The molecule has 2 aromatic carbocycles. The second-order valence-corrected chi connectivity index (χ2v) is 9.88. The smallest absolute Gasteiger partial charge is 0.257 e. The van der Waals surface area contributed by atoms with E-state index in [0.717, 1.165) is 0 Å². The number of piperidine rings is 1. The van der Waals surface area contributed by atoms with Gasteiger partial charge in [0.15, 0.2) is 0 Å². The molecule has 1 aliphatic rings. The molecule has 1 aliphatic heterocycles. The van der Waals surface area contributed by atoms with Crippen molar-refractivity contribution in [3.05, 3.63) is 59.9 Å². The first-order valence-electron chi connectivity index (χ1n) is 10.2. The third kappa shape index (κ3) is 6.35. The number of carbonyl (C=O) groups excluding carboxylic acids is 2. The number of carbonyl (C=O) groups is 2. The lowest BCUT2D eigenvalue weighted by Crippen LogP contribution is -2.47. The van der Waals surface area contributed by atoms with Crippen LogP contribution in [0.15, 0.2) is 48.5 Å². The summed E-state index contributed by atoms with van der Waals surface area (Å²) in [5.74, 6) is -1.08. The van der Waals surface area contributed by atoms with Crippen molar-refractivity contribution in [3.8, 4) is 0 Å². The number of amides is 2. The zero-order valence-corrected chi connectivity index (χ0v) is 18.9. The molecule has 1 heterocycles. The predicted octanol–water partition coefficient (Wildman–Crippen LogP) is 2.37. The summed E-state index contributed by atoms with van der Waals surface area (Å²) < 4.78 is 37.9. The number of nitrogens with zero attached hydrogens (tertiary/aromatic N) is 2. The van der Waals surface area contributed by atoms with Crippen LogP contribution in [0.2, 0.25) is 0 Å². The van der Waals surface area contributed by atoms with E-state index in [4.69, 9.17) is 0 Å². The number of para-hydroxylation sites is 1. The van der Waals surface area contributed by atoms with Crippen LogP contribution in [0.1, 0.15) is 23.2 Å². The number of sulfonamides is 1. The third-order valence-electron chi connectivity index (χ3n) is 5.51. The minimum atomic E-state index is -3.24. The highest BCUT2D eigenvalue weighted by atomic mass is 32.2. The van der Waals surface area contributed by atoms with E-state index in [-0.39, 0.29) is 18.5 Å². The first kappa shape index (κ1) is 23.8. The Labute approximate surface area is 187 Å². The molecule has 1 fully saturated rings. The summed E-state index contributed by atoms with van der Waals surface area (Å²) in [4.78, 5) is 27.2. The van der Waals surface area contributed by atoms with E-state index in [2.05, 4.69) is 10.6 Å². The van der Waals surface area contributed by atoms with Gasteiger partial charge >= 0.3 is 0 Å². The average molecular weight is 463 g/mol. The molecule has 0 aromatic heterocycles. The van der Waals surface area contributed by atoms with Gasteiger partial charge in [-0.1, -0.05) is 12.1 Å². The van der Waals surface area contributed by atoms with Gasteiger partial charge in [0.25, 0.3) is 5.91 Å². The number of anilines is 2. The van der Waals surface area contributed by atoms with Gasteiger partial charge in [0.2, 0.25) is 15.9 Å². The molecule has 2 amide bonds. The minimum absolute atomic E-state index is 0.0693. The van der Waals surface area contributed by atoms with E-state index in [1.165, 1.54) is 34.8 Å². The zero-order chi connectivity index (χ0) is 23.3. The Balaban J connectivity index is 1.57. The lowest BCUT2D eigenvalue weighted by Gasteiger charge is -2.35. The average Bonchev–Trinajstić information content (AvgIpc) is 2.75. The van der Waals surface area contributed by atoms with Crippen molar-refractivity contribution in [2.45, 2.75) is 18.9 Å². The fourth-order valence-corrected chi connectivity index (χ4v) is 4.38. The standard InChI is InChI=1S/C22H27FN4O4S/c1-26(32(2,30)31)18-11-13-27(14-12-18)15-21(28)25-20-6-4-3-5-19(20)22(29)24-17-9-7-16(23)8-10-17/h3-10,18H,11-15H2,1-2H3,(H,24,29)(H,25,28). The van der Waals surface area contributed by atoms with Gasteiger partial charge in [0, 0.05) is 31.9 Å². The van der Waals surface area contributed by atoms with E-state index in [1.807, 2.05) is 4.90 Å². The second-order valence-electron chi connectivity index (χ2n) is 7.84. The quantitative estimate of drug-likeness (QED) is 0.658. The summed E-state index contributed by atoms with van der Waals surface area (Å²) in [6.45, 7) is 1.35. The maximum atomic E-state index is 13.1. The minimum Gasteiger partial charge on any atom is -0.324 e. The van der Waals surface area contributed by atoms with Crippen molar-refractivity contribution in [2.24, 2.45) is 0 Å². The SMILES string of the molecule is CN(C1CCN(CC(=O)Nc2ccccc2C(=O)Nc2ccc(F)cc2)CC1)S(C)(=O)=O. The van der Waals surface area contributed by atoms with Crippen LogP contribution in [0.3, 0.4) is 0 Å². The van der Waals surface area contributed by atoms with Gasteiger partial charge in [-0.15, -0.1) is 0 Å². The molecular formula is C22H27FN4O4S. The molecule has 2 N–H and O–H groups in total. The van der Waals surface area contributed by atoms with Crippen molar-refractivity contribution in [1.82, 2.24) is 9.21 Å². The molecule has 1 saturated heterocycles. The van der Waals surface area contributed by atoms with Crippen molar-refractivity contribution in [3.63, 3.8) is 0 Å². The molecule has 0 unspecified atom stereocenters. The highest BCUT2D eigenvalue weighted by Gasteiger charge is 2.28. The Morgan fingerprint density at radius 2 is 1.69 bits per heavy atom. The van der Waals surface area contributed by atoms with Crippen LogP contribution < -0.4 is 10.6 Å². The topological polar surface area (TPSA) is 98.8 Å². The molecule has 0 aliphatic carbocycles. The Morgan fingerprint density at radius 1 is 1.06 bits per heavy atom. The molecular weight excluding hydrogens is 435 g/mol. The summed E-state index contributed by atoms with van der Waals surface area (Å²) in [7, 11) is -1.66. The third-order valence-corrected chi connectivity index (χ3v) is 6.85.